The van der Waals surface area contributed by atoms with Crippen molar-refractivity contribution in [1.82, 2.24) is 14.7 Å². The van der Waals surface area contributed by atoms with Crippen LogP contribution in [0.4, 0.5) is 4.79 Å². The largest absolute Gasteiger partial charge is 0.465 e. The molecule has 0 bridgehead atoms. The average molecular weight is 381 g/mol. The molecule has 2 amide bonds. The molecule has 0 aromatic rings. The Hall–Kier alpha value is -1.38. The van der Waals surface area contributed by atoms with E-state index in [0.717, 1.165) is 38.9 Å². The molecule has 0 aromatic heterocycles. The van der Waals surface area contributed by atoms with E-state index < -0.39 is 17.9 Å². The minimum absolute atomic E-state index is 0.00890. The standard InChI is InChI=1S/C19H31N3O5/c1-13-16(24)22-14(11-27-18(22,2)12-21(13)17(25)26)4-3-8-20-9-7-19(5-6-19)15(23)10-20/h13-15,23H,3-12H2,1-2H3,(H,25,26)/t13-,14-,15?,18+/m0/s1. The van der Waals surface area contributed by atoms with Crippen molar-refractivity contribution in [3.63, 3.8) is 0 Å². The van der Waals surface area contributed by atoms with Crippen LogP contribution in [0.1, 0.15) is 46.0 Å². The summed E-state index contributed by atoms with van der Waals surface area (Å²) in [5.41, 5.74) is -0.643. The Morgan fingerprint density at radius 2 is 2.07 bits per heavy atom. The summed E-state index contributed by atoms with van der Waals surface area (Å²) in [6.07, 6.45) is 3.91. The van der Waals surface area contributed by atoms with Gasteiger partial charge >= 0.3 is 6.09 Å². The number of carbonyl (C=O) groups excluding carboxylic acids is 1. The summed E-state index contributed by atoms with van der Waals surface area (Å²) in [5, 5.41) is 19.7. The number of hydrogen-bond donors (Lipinski definition) is 2. The average Bonchev–Trinajstić information content (AvgIpc) is 3.32. The van der Waals surface area contributed by atoms with Crippen LogP contribution in [0.25, 0.3) is 0 Å². The normalized spacial score (nSPS) is 38.3. The molecule has 1 saturated carbocycles. The number of amides is 2. The second kappa shape index (κ2) is 6.60. The van der Waals surface area contributed by atoms with Crippen LogP contribution in [0, 0.1) is 5.41 Å². The molecule has 4 fully saturated rings. The molecule has 3 aliphatic heterocycles. The Kier molecular flexibility index (Phi) is 4.63. The molecular weight excluding hydrogens is 350 g/mol. The van der Waals surface area contributed by atoms with Crippen molar-refractivity contribution in [2.45, 2.75) is 69.9 Å². The van der Waals surface area contributed by atoms with Crippen LogP contribution in [0.15, 0.2) is 0 Å². The number of hydrogen-bond acceptors (Lipinski definition) is 5. The smallest absolute Gasteiger partial charge is 0.408 e. The van der Waals surface area contributed by atoms with Crippen molar-refractivity contribution in [1.29, 1.82) is 0 Å². The summed E-state index contributed by atoms with van der Waals surface area (Å²) in [7, 11) is 0. The lowest BCUT2D eigenvalue weighted by molar-refractivity contribution is -0.169. The third-order valence-corrected chi connectivity index (χ3v) is 7.20. The molecule has 0 radical (unpaired) electrons. The fraction of sp³-hybridized carbons (Fsp3) is 0.895. The lowest BCUT2D eigenvalue weighted by Crippen LogP contribution is -2.67. The summed E-state index contributed by atoms with van der Waals surface area (Å²) >= 11 is 0. The van der Waals surface area contributed by atoms with Gasteiger partial charge in [-0.2, -0.15) is 0 Å². The molecule has 3 saturated heterocycles. The van der Waals surface area contributed by atoms with Gasteiger partial charge in [0.25, 0.3) is 0 Å². The number of aliphatic hydroxyl groups excluding tert-OH is 1. The highest BCUT2D eigenvalue weighted by molar-refractivity contribution is 5.87. The Bertz CT molecular complexity index is 624. The van der Waals surface area contributed by atoms with Gasteiger partial charge in [0.05, 0.1) is 25.3 Å². The van der Waals surface area contributed by atoms with Crippen molar-refractivity contribution < 1.29 is 24.5 Å². The SMILES string of the molecule is C[C@H]1C(=O)N2[C@@H](CCCN3CCC4(CC4)C(O)C3)CO[C@]2(C)CN1C(=O)O. The lowest BCUT2D eigenvalue weighted by atomic mass is 9.90. The third kappa shape index (κ3) is 3.21. The predicted molar refractivity (Wildman–Crippen MR) is 97.1 cm³/mol. The highest BCUT2D eigenvalue weighted by atomic mass is 16.5. The van der Waals surface area contributed by atoms with Gasteiger partial charge in [-0.25, -0.2) is 4.79 Å². The lowest BCUT2D eigenvalue weighted by Gasteiger charge is -2.47. The molecule has 8 heteroatoms. The number of carbonyl (C=O) groups is 2. The van der Waals surface area contributed by atoms with Crippen LogP contribution < -0.4 is 0 Å². The summed E-state index contributed by atoms with van der Waals surface area (Å²) < 4.78 is 5.90. The van der Waals surface area contributed by atoms with Crippen LogP contribution >= 0.6 is 0 Å². The van der Waals surface area contributed by atoms with E-state index in [1.54, 1.807) is 11.8 Å². The van der Waals surface area contributed by atoms with E-state index in [1.165, 1.54) is 17.7 Å². The topological polar surface area (TPSA) is 93.6 Å². The van der Waals surface area contributed by atoms with E-state index >= 15 is 0 Å². The fourth-order valence-electron chi connectivity index (χ4n) is 5.15. The van der Waals surface area contributed by atoms with Crippen molar-refractivity contribution in [3.8, 4) is 0 Å². The summed E-state index contributed by atoms with van der Waals surface area (Å²) in [5.74, 6) is -0.169. The van der Waals surface area contributed by atoms with Gasteiger partial charge in [0.2, 0.25) is 5.91 Å². The van der Waals surface area contributed by atoms with Crippen molar-refractivity contribution in [3.05, 3.63) is 0 Å². The molecular formula is C19H31N3O5. The zero-order valence-electron chi connectivity index (χ0n) is 16.3. The van der Waals surface area contributed by atoms with E-state index in [0.29, 0.717) is 6.61 Å². The van der Waals surface area contributed by atoms with Gasteiger partial charge in [-0.05, 0) is 64.5 Å². The van der Waals surface area contributed by atoms with Crippen molar-refractivity contribution >= 4 is 12.0 Å². The number of piperidine rings is 1. The summed E-state index contributed by atoms with van der Waals surface area (Å²) in [6.45, 7) is 6.81. The molecule has 152 valence electrons. The molecule has 1 spiro atoms. The zero-order valence-corrected chi connectivity index (χ0v) is 16.3. The van der Waals surface area contributed by atoms with Crippen LogP contribution in [0.2, 0.25) is 0 Å². The van der Waals surface area contributed by atoms with Crippen molar-refractivity contribution in [2.24, 2.45) is 5.41 Å². The Labute approximate surface area is 160 Å². The molecule has 1 unspecified atom stereocenters. The van der Waals surface area contributed by atoms with Crippen molar-refractivity contribution in [2.75, 3.05) is 32.8 Å². The van der Waals surface area contributed by atoms with E-state index in [2.05, 4.69) is 4.90 Å². The number of piperazine rings is 1. The highest BCUT2D eigenvalue weighted by Crippen LogP contribution is 2.53. The number of carboxylic acid groups (broad SMARTS) is 1. The number of likely N-dealkylation sites (tertiary alicyclic amines) is 1. The second-order valence-electron chi connectivity index (χ2n) is 9.01. The Morgan fingerprint density at radius 3 is 2.70 bits per heavy atom. The molecule has 4 aliphatic rings. The van der Waals surface area contributed by atoms with Gasteiger partial charge in [-0.15, -0.1) is 0 Å². The molecule has 3 heterocycles. The maximum atomic E-state index is 12.8. The number of ether oxygens (including phenoxy) is 1. The number of nitrogens with zero attached hydrogens (tertiary/aromatic N) is 3. The van der Waals surface area contributed by atoms with Gasteiger partial charge in [0.1, 0.15) is 6.04 Å². The van der Waals surface area contributed by atoms with E-state index in [-0.39, 0.29) is 30.0 Å². The van der Waals surface area contributed by atoms with Gasteiger partial charge in [0, 0.05) is 6.54 Å². The molecule has 8 nitrogen and oxygen atoms in total. The van der Waals surface area contributed by atoms with Crippen LogP contribution in [0.5, 0.6) is 0 Å². The van der Waals surface area contributed by atoms with Crippen LogP contribution in [0.3, 0.4) is 0 Å². The predicted octanol–water partition coefficient (Wildman–Crippen LogP) is 0.939. The quantitative estimate of drug-likeness (QED) is 0.753. The van der Waals surface area contributed by atoms with Crippen LogP contribution in [-0.4, -0.2) is 93.6 Å². The number of rotatable bonds is 4. The first kappa shape index (κ1) is 19.0. The molecule has 27 heavy (non-hydrogen) atoms. The maximum absolute atomic E-state index is 12.8. The first-order valence-corrected chi connectivity index (χ1v) is 10.1. The molecule has 4 atom stereocenters. The third-order valence-electron chi connectivity index (χ3n) is 7.20. The Balaban J connectivity index is 1.31. The number of β-amino-alcohol motifs (C(OH)–C–C–N with tert-alkyl or cyclic N) is 1. The van der Waals surface area contributed by atoms with E-state index in [9.17, 15) is 19.8 Å². The highest BCUT2D eigenvalue weighted by Gasteiger charge is 2.55. The molecule has 4 rings (SSSR count). The molecule has 2 N–H and O–H groups in total. The fourth-order valence-corrected chi connectivity index (χ4v) is 5.15. The molecule has 0 aromatic carbocycles. The van der Waals surface area contributed by atoms with Gasteiger partial charge < -0.3 is 24.7 Å². The second-order valence-corrected chi connectivity index (χ2v) is 9.01. The molecule has 1 aliphatic carbocycles. The zero-order chi connectivity index (χ0) is 19.4. The minimum atomic E-state index is -1.08. The van der Waals surface area contributed by atoms with E-state index in [4.69, 9.17) is 4.74 Å². The Morgan fingerprint density at radius 1 is 1.33 bits per heavy atom. The summed E-state index contributed by atoms with van der Waals surface area (Å²) in [4.78, 5) is 29.5. The van der Waals surface area contributed by atoms with Gasteiger partial charge in [0.15, 0.2) is 5.72 Å². The minimum Gasteiger partial charge on any atom is -0.465 e. The van der Waals surface area contributed by atoms with Gasteiger partial charge in [-0.1, -0.05) is 0 Å². The first-order valence-electron chi connectivity index (χ1n) is 10.1. The van der Waals surface area contributed by atoms with E-state index in [1.807, 2.05) is 6.92 Å². The first-order chi connectivity index (χ1) is 12.8. The van der Waals surface area contributed by atoms with Crippen LogP contribution in [-0.2, 0) is 9.53 Å². The monoisotopic (exact) mass is 381 g/mol. The summed E-state index contributed by atoms with van der Waals surface area (Å²) in [6, 6.07) is -0.683. The maximum Gasteiger partial charge on any atom is 0.408 e. The number of fused-ring (bicyclic) bond motifs is 1. The van der Waals surface area contributed by atoms with Gasteiger partial charge in [-0.3, -0.25) is 9.69 Å². The number of aliphatic hydroxyl groups is 1.